The molecule has 1 fully saturated rings. The van der Waals surface area contributed by atoms with Gasteiger partial charge < -0.3 is 14.4 Å². The molecule has 0 N–H and O–H groups in total. The monoisotopic (exact) mass is 381 g/mol. The quantitative estimate of drug-likeness (QED) is 0.675. The van der Waals surface area contributed by atoms with Crippen LogP contribution < -0.4 is 9.47 Å². The summed E-state index contributed by atoms with van der Waals surface area (Å²) in [5.74, 6) is 1.99. The van der Waals surface area contributed by atoms with Crippen LogP contribution in [0.2, 0.25) is 0 Å². The Morgan fingerprint density at radius 1 is 1.18 bits per heavy atom. The molecular formula is C20H23N5O3. The zero-order chi connectivity index (χ0) is 19.5. The molecule has 28 heavy (non-hydrogen) atoms. The van der Waals surface area contributed by atoms with Crippen molar-refractivity contribution in [1.29, 1.82) is 0 Å². The van der Waals surface area contributed by atoms with Crippen LogP contribution in [0, 0.1) is 0 Å². The van der Waals surface area contributed by atoms with Gasteiger partial charge in [-0.3, -0.25) is 4.79 Å². The van der Waals surface area contributed by atoms with Crippen LogP contribution in [0.1, 0.15) is 36.6 Å². The molecule has 4 rings (SSSR count). The largest absolute Gasteiger partial charge is 0.497 e. The number of piperidine rings is 1. The Bertz CT molecular complexity index is 987. The van der Waals surface area contributed by atoms with Crippen LogP contribution in [-0.4, -0.2) is 51.2 Å². The number of methoxy groups -OCH3 is 2. The van der Waals surface area contributed by atoms with E-state index in [9.17, 15) is 4.79 Å². The topological polar surface area (TPSA) is 81.9 Å². The average molecular weight is 381 g/mol. The highest BCUT2D eigenvalue weighted by molar-refractivity contribution is 5.80. The zero-order valence-corrected chi connectivity index (χ0v) is 16.0. The highest BCUT2D eigenvalue weighted by Crippen LogP contribution is 2.32. The van der Waals surface area contributed by atoms with E-state index in [0.29, 0.717) is 23.8 Å². The van der Waals surface area contributed by atoms with Gasteiger partial charge in [-0.05, 0) is 43.5 Å². The van der Waals surface area contributed by atoms with Gasteiger partial charge in [0.05, 0.1) is 32.4 Å². The molecule has 1 aliphatic rings. The van der Waals surface area contributed by atoms with Gasteiger partial charge in [0, 0.05) is 18.3 Å². The Balaban J connectivity index is 1.63. The number of amides is 1. The third-order valence-electron chi connectivity index (χ3n) is 5.20. The van der Waals surface area contributed by atoms with Crippen molar-refractivity contribution in [1.82, 2.24) is 24.5 Å². The fourth-order valence-electron chi connectivity index (χ4n) is 3.83. The van der Waals surface area contributed by atoms with Gasteiger partial charge in [-0.25, -0.2) is 4.98 Å². The van der Waals surface area contributed by atoms with Crippen molar-refractivity contribution >= 4 is 11.7 Å². The first-order chi connectivity index (χ1) is 13.7. The Morgan fingerprint density at radius 2 is 2.07 bits per heavy atom. The van der Waals surface area contributed by atoms with Crippen LogP contribution in [0.4, 0.5) is 0 Å². The normalized spacial score (nSPS) is 16.9. The second-order valence-electron chi connectivity index (χ2n) is 6.79. The second kappa shape index (κ2) is 7.84. The summed E-state index contributed by atoms with van der Waals surface area (Å²) in [6, 6.07) is 7.39. The van der Waals surface area contributed by atoms with Crippen LogP contribution in [0.5, 0.6) is 11.5 Å². The smallest absolute Gasteiger partial charge is 0.252 e. The van der Waals surface area contributed by atoms with Gasteiger partial charge in [0.2, 0.25) is 5.91 Å². The number of hydrogen-bond donors (Lipinski definition) is 0. The molecule has 0 radical (unpaired) electrons. The Hall–Kier alpha value is -3.16. The highest BCUT2D eigenvalue weighted by Gasteiger charge is 2.30. The minimum Gasteiger partial charge on any atom is -0.497 e. The number of carbonyl (C=O) groups is 1. The van der Waals surface area contributed by atoms with Crippen molar-refractivity contribution in [2.75, 3.05) is 20.8 Å². The molecular weight excluding hydrogens is 358 g/mol. The Morgan fingerprint density at radius 3 is 2.89 bits per heavy atom. The summed E-state index contributed by atoms with van der Waals surface area (Å²) < 4.78 is 12.5. The lowest BCUT2D eigenvalue weighted by molar-refractivity contribution is -0.134. The van der Waals surface area contributed by atoms with E-state index in [0.717, 1.165) is 30.5 Å². The molecule has 3 aromatic rings. The molecule has 2 aromatic heterocycles. The summed E-state index contributed by atoms with van der Waals surface area (Å²) in [7, 11) is 3.22. The lowest BCUT2D eigenvalue weighted by Gasteiger charge is -2.36. The summed E-state index contributed by atoms with van der Waals surface area (Å²) >= 11 is 0. The Kier molecular flexibility index (Phi) is 5.10. The van der Waals surface area contributed by atoms with Crippen LogP contribution >= 0.6 is 0 Å². The summed E-state index contributed by atoms with van der Waals surface area (Å²) in [6.45, 7) is 0.717. The van der Waals surface area contributed by atoms with E-state index in [2.05, 4.69) is 15.1 Å². The molecule has 1 aromatic carbocycles. The molecule has 8 nitrogen and oxygen atoms in total. The number of carbonyl (C=O) groups excluding carboxylic acids is 1. The van der Waals surface area contributed by atoms with E-state index in [4.69, 9.17) is 9.47 Å². The molecule has 3 heterocycles. The predicted octanol–water partition coefficient (Wildman–Crippen LogP) is 2.44. The van der Waals surface area contributed by atoms with Gasteiger partial charge in [0.25, 0.3) is 5.78 Å². The molecule has 0 bridgehead atoms. The van der Waals surface area contributed by atoms with E-state index in [1.165, 1.54) is 6.33 Å². The van der Waals surface area contributed by atoms with E-state index >= 15 is 0 Å². The predicted molar refractivity (Wildman–Crippen MR) is 102 cm³/mol. The standard InChI is InChI=1S/C20H23N5O3/c1-27-15-6-7-18(28-2)14(11-15)12-19(26)24-10-4-3-5-16(24)17-8-9-21-20-22-13-23-25(17)20/h6-9,11,13,16H,3-5,10,12H2,1-2H3/t16-/m0/s1. The molecule has 1 atom stereocenters. The molecule has 146 valence electrons. The molecule has 1 aliphatic heterocycles. The number of likely N-dealkylation sites (tertiary alicyclic amines) is 1. The summed E-state index contributed by atoms with van der Waals surface area (Å²) in [5, 5.41) is 4.29. The molecule has 8 heteroatoms. The maximum atomic E-state index is 13.3. The van der Waals surface area contributed by atoms with Crippen LogP contribution in [0.3, 0.4) is 0 Å². The van der Waals surface area contributed by atoms with Gasteiger partial charge in [-0.2, -0.15) is 14.6 Å². The maximum Gasteiger partial charge on any atom is 0.252 e. The van der Waals surface area contributed by atoms with E-state index in [1.807, 2.05) is 29.2 Å². The maximum absolute atomic E-state index is 13.3. The fraction of sp³-hybridized carbons (Fsp3) is 0.400. The third-order valence-corrected chi connectivity index (χ3v) is 5.20. The van der Waals surface area contributed by atoms with E-state index in [-0.39, 0.29) is 18.4 Å². The van der Waals surface area contributed by atoms with E-state index < -0.39 is 0 Å². The lowest BCUT2D eigenvalue weighted by Crippen LogP contribution is -2.40. The zero-order valence-electron chi connectivity index (χ0n) is 16.0. The number of ether oxygens (including phenoxy) is 2. The van der Waals surface area contributed by atoms with E-state index in [1.54, 1.807) is 24.9 Å². The molecule has 1 amide bonds. The van der Waals surface area contributed by atoms with Crippen molar-refractivity contribution in [2.45, 2.75) is 31.7 Å². The third kappa shape index (κ3) is 3.37. The fourth-order valence-corrected chi connectivity index (χ4v) is 3.83. The number of rotatable bonds is 5. The number of benzene rings is 1. The van der Waals surface area contributed by atoms with Gasteiger partial charge in [0.15, 0.2) is 0 Å². The molecule has 0 aliphatic carbocycles. The van der Waals surface area contributed by atoms with Crippen LogP contribution in [-0.2, 0) is 11.2 Å². The number of fused-ring (bicyclic) bond motifs is 1. The molecule has 0 saturated carbocycles. The van der Waals surface area contributed by atoms with Crippen molar-refractivity contribution in [2.24, 2.45) is 0 Å². The second-order valence-corrected chi connectivity index (χ2v) is 6.79. The SMILES string of the molecule is COc1ccc(OC)c(CC(=O)N2CCCC[C@H]2c2ccnc3ncnn23)c1. The minimum atomic E-state index is -0.0509. The van der Waals surface area contributed by atoms with Crippen molar-refractivity contribution < 1.29 is 14.3 Å². The van der Waals surface area contributed by atoms with Crippen molar-refractivity contribution in [3.8, 4) is 11.5 Å². The molecule has 0 spiro atoms. The summed E-state index contributed by atoms with van der Waals surface area (Å²) in [4.78, 5) is 23.6. The number of aromatic nitrogens is 4. The van der Waals surface area contributed by atoms with Gasteiger partial charge >= 0.3 is 0 Å². The molecule has 0 unspecified atom stereocenters. The average Bonchev–Trinajstić information content (AvgIpc) is 3.22. The first-order valence-corrected chi connectivity index (χ1v) is 9.36. The van der Waals surface area contributed by atoms with Crippen molar-refractivity contribution in [3.63, 3.8) is 0 Å². The van der Waals surface area contributed by atoms with Gasteiger partial charge in [0.1, 0.15) is 17.8 Å². The van der Waals surface area contributed by atoms with Crippen LogP contribution in [0.25, 0.3) is 5.78 Å². The number of nitrogens with zero attached hydrogens (tertiary/aromatic N) is 5. The summed E-state index contributed by atoms with van der Waals surface area (Å²) in [6.07, 6.45) is 6.41. The first kappa shape index (κ1) is 18.2. The Labute approximate surface area is 163 Å². The minimum absolute atomic E-state index is 0.0509. The van der Waals surface area contributed by atoms with Gasteiger partial charge in [-0.15, -0.1) is 0 Å². The summed E-state index contributed by atoms with van der Waals surface area (Å²) in [5.41, 5.74) is 1.75. The van der Waals surface area contributed by atoms with Gasteiger partial charge in [-0.1, -0.05) is 0 Å². The molecule has 1 saturated heterocycles. The highest BCUT2D eigenvalue weighted by atomic mass is 16.5. The van der Waals surface area contributed by atoms with Crippen LogP contribution in [0.15, 0.2) is 36.8 Å². The number of hydrogen-bond acceptors (Lipinski definition) is 6. The first-order valence-electron chi connectivity index (χ1n) is 9.36. The van der Waals surface area contributed by atoms with Crippen molar-refractivity contribution in [3.05, 3.63) is 48.0 Å². The lowest BCUT2D eigenvalue weighted by atomic mass is 9.97.